The van der Waals surface area contributed by atoms with E-state index in [2.05, 4.69) is 12.1 Å². The van der Waals surface area contributed by atoms with Crippen molar-refractivity contribution in [2.75, 3.05) is 19.6 Å². The largest absolute Gasteiger partial charge is 0.465 e. The van der Waals surface area contributed by atoms with Crippen molar-refractivity contribution in [1.29, 1.82) is 0 Å². The van der Waals surface area contributed by atoms with Crippen molar-refractivity contribution in [3.63, 3.8) is 0 Å². The van der Waals surface area contributed by atoms with Crippen LogP contribution in [0.2, 0.25) is 0 Å². The second-order valence-electron chi connectivity index (χ2n) is 9.88. The quantitative estimate of drug-likeness (QED) is 0.647. The number of carbonyl (C=O) groups excluding carboxylic acids is 1. The predicted octanol–water partition coefficient (Wildman–Crippen LogP) is 3.34. The van der Waals surface area contributed by atoms with E-state index < -0.39 is 17.8 Å². The summed E-state index contributed by atoms with van der Waals surface area (Å²) in [5.74, 6) is 0.170. The normalized spacial score (nSPS) is 28.8. The summed E-state index contributed by atoms with van der Waals surface area (Å²) in [7, 11) is 0. The molecule has 3 N–H and O–H groups in total. The molecule has 3 aliphatic rings. The second kappa shape index (κ2) is 9.79. The lowest BCUT2D eigenvalue weighted by molar-refractivity contribution is -0.140. The molecule has 1 aromatic rings. The van der Waals surface area contributed by atoms with Crippen molar-refractivity contribution < 1.29 is 24.9 Å². The van der Waals surface area contributed by atoms with Gasteiger partial charge in [-0.15, -0.1) is 0 Å². The van der Waals surface area contributed by atoms with Gasteiger partial charge in [0, 0.05) is 6.54 Å². The molecule has 176 valence electrons. The molecule has 0 bridgehead atoms. The number of aliphatic hydroxyl groups excluding tert-OH is 1. The molecule has 0 aromatic heterocycles. The van der Waals surface area contributed by atoms with Crippen molar-refractivity contribution in [3.05, 3.63) is 35.4 Å². The highest BCUT2D eigenvalue weighted by molar-refractivity contribution is 5.82. The maximum Gasteiger partial charge on any atom is 0.407 e. The Hall–Kier alpha value is -2.12. The zero-order valence-electron chi connectivity index (χ0n) is 18.8. The molecule has 3 atom stereocenters. The van der Waals surface area contributed by atoms with Gasteiger partial charge in [-0.2, -0.15) is 0 Å². The van der Waals surface area contributed by atoms with E-state index in [0.29, 0.717) is 25.3 Å². The van der Waals surface area contributed by atoms with Crippen molar-refractivity contribution in [2.24, 2.45) is 5.92 Å². The molecule has 2 saturated carbocycles. The molecule has 4 rings (SSSR count). The summed E-state index contributed by atoms with van der Waals surface area (Å²) in [5.41, 5.74) is 0.984. The number of rotatable bonds is 5. The number of carboxylic acid groups (broad SMARTS) is 1. The Morgan fingerprint density at radius 2 is 1.78 bits per heavy atom. The number of hydrogen-bond acceptors (Lipinski definition) is 4. The number of carbonyl (C=O) groups is 2. The summed E-state index contributed by atoms with van der Waals surface area (Å²) < 4.78 is 0. The average Bonchev–Trinajstić information content (AvgIpc) is 2.80. The highest BCUT2D eigenvalue weighted by Crippen LogP contribution is 2.42. The molecule has 0 spiro atoms. The molecule has 0 radical (unpaired) electrons. The van der Waals surface area contributed by atoms with Gasteiger partial charge < -0.3 is 20.2 Å². The number of aliphatic hydroxyl groups is 2. The third-order valence-corrected chi connectivity index (χ3v) is 7.77. The van der Waals surface area contributed by atoms with Crippen LogP contribution in [0, 0.1) is 5.92 Å². The van der Waals surface area contributed by atoms with Crippen molar-refractivity contribution in [1.82, 2.24) is 9.80 Å². The summed E-state index contributed by atoms with van der Waals surface area (Å²) in [4.78, 5) is 28.3. The zero-order chi connectivity index (χ0) is 22.7. The molecular weight excluding hydrogens is 408 g/mol. The van der Waals surface area contributed by atoms with Crippen LogP contribution in [0.4, 0.5) is 4.79 Å². The molecule has 2 aliphatic carbocycles. The van der Waals surface area contributed by atoms with Crippen LogP contribution in [0.1, 0.15) is 75.0 Å². The minimum atomic E-state index is -1.49. The van der Waals surface area contributed by atoms with Crippen LogP contribution < -0.4 is 0 Å². The topological polar surface area (TPSA) is 101 Å². The minimum absolute atomic E-state index is 0.0215. The number of fused-ring (bicyclic) bond motifs is 1. The Balaban J connectivity index is 1.54. The SMILES string of the molecule is O=C(O)N(CC(=O)N1CCc2ccccc2C1C1CCCCC1)CC1(O)CCCCC1O. The molecule has 32 heavy (non-hydrogen) atoms. The highest BCUT2D eigenvalue weighted by Gasteiger charge is 2.42. The fourth-order valence-corrected chi connectivity index (χ4v) is 6.00. The van der Waals surface area contributed by atoms with E-state index >= 15 is 0 Å². The van der Waals surface area contributed by atoms with E-state index in [4.69, 9.17) is 0 Å². The number of hydrogen-bond donors (Lipinski definition) is 3. The van der Waals surface area contributed by atoms with Crippen LogP contribution in [0.5, 0.6) is 0 Å². The predicted molar refractivity (Wildman–Crippen MR) is 120 cm³/mol. The van der Waals surface area contributed by atoms with E-state index in [1.54, 1.807) is 0 Å². The monoisotopic (exact) mass is 444 g/mol. The van der Waals surface area contributed by atoms with Crippen LogP contribution >= 0.6 is 0 Å². The van der Waals surface area contributed by atoms with Crippen LogP contribution in [0.15, 0.2) is 24.3 Å². The summed E-state index contributed by atoms with van der Waals surface area (Å²) in [5, 5.41) is 31.0. The summed E-state index contributed by atoms with van der Waals surface area (Å²) >= 11 is 0. The minimum Gasteiger partial charge on any atom is -0.465 e. The van der Waals surface area contributed by atoms with Crippen LogP contribution in [0.25, 0.3) is 0 Å². The van der Waals surface area contributed by atoms with Crippen LogP contribution in [-0.2, 0) is 11.2 Å². The average molecular weight is 445 g/mol. The Morgan fingerprint density at radius 3 is 2.50 bits per heavy atom. The first-order valence-corrected chi connectivity index (χ1v) is 12.1. The molecule has 2 fully saturated rings. The van der Waals surface area contributed by atoms with Gasteiger partial charge >= 0.3 is 6.09 Å². The molecule has 1 aromatic carbocycles. The standard InChI is InChI=1S/C25H36N2O5/c28-21-12-6-7-14-25(21,32)17-26(24(30)31)16-22(29)27-15-13-18-8-4-5-11-20(18)23(27)19-9-2-1-3-10-19/h4-5,8,11,19,21,23,28,32H,1-3,6-7,9-10,12-17H2,(H,30,31). The number of benzene rings is 1. The van der Waals surface area contributed by atoms with E-state index in [0.717, 1.165) is 49.8 Å². The third-order valence-electron chi connectivity index (χ3n) is 7.77. The third kappa shape index (κ3) is 4.79. The first kappa shape index (κ1) is 23.1. The van der Waals surface area contributed by atoms with Gasteiger partial charge in [0.05, 0.1) is 18.7 Å². The first-order chi connectivity index (χ1) is 15.4. The van der Waals surface area contributed by atoms with Crippen LogP contribution in [0.3, 0.4) is 0 Å². The van der Waals surface area contributed by atoms with Gasteiger partial charge in [-0.25, -0.2) is 4.79 Å². The van der Waals surface area contributed by atoms with Gasteiger partial charge in [0.25, 0.3) is 0 Å². The van der Waals surface area contributed by atoms with E-state index in [-0.39, 0.29) is 25.0 Å². The molecule has 7 heteroatoms. The van der Waals surface area contributed by atoms with Gasteiger partial charge in [-0.3, -0.25) is 9.69 Å². The second-order valence-corrected chi connectivity index (χ2v) is 9.88. The molecule has 2 amide bonds. The molecule has 7 nitrogen and oxygen atoms in total. The molecule has 1 aliphatic heterocycles. The fraction of sp³-hybridized carbons (Fsp3) is 0.680. The van der Waals surface area contributed by atoms with Gasteiger partial charge in [0.1, 0.15) is 12.1 Å². The van der Waals surface area contributed by atoms with E-state index in [1.807, 2.05) is 17.0 Å². The molecular formula is C25H36N2O5. The summed E-state index contributed by atoms with van der Waals surface area (Å²) in [6.07, 6.45) is 6.62. The fourth-order valence-electron chi connectivity index (χ4n) is 6.00. The highest BCUT2D eigenvalue weighted by atomic mass is 16.4. The smallest absolute Gasteiger partial charge is 0.407 e. The van der Waals surface area contributed by atoms with Gasteiger partial charge in [-0.05, 0) is 49.1 Å². The lowest BCUT2D eigenvalue weighted by atomic mass is 9.77. The Morgan fingerprint density at radius 1 is 1.06 bits per heavy atom. The summed E-state index contributed by atoms with van der Waals surface area (Å²) in [6, 6.07) is 8.29. The molecule has 0 saturated heterocycles. The Kier molecular flexibility index (Phi) is 7.05. The van der Waals surface area contributed by atoms with Gasteiger partial charge in [-0.1, -0.05) is 56.4 Å². The van der Waals surface area contributed by atoms with Crippen LogP contribution in [-0.4, -0.2) is 68.5 Å². The lowest BCUT2D eigenvalue weighted by Crippen LogP contribution is -2.56. The maximum atomic E-state index is 13.5. The van der Waals surface area contributed by atoms with Crippen molar-refractivity contribution in [2.45, 2.75) is 82.0 Å². The maximum absolute atomic E-state index is 13.5. The van der Waals surface area contributed by atoms with Gasteiger partial charge in [0.2, 0.25) is 5.91 Å². The Labute approximate surface area is 190 Å². The van der Waals surface area contributed by atoms with Crippen molar-refractivity contribution in [3.8, 4) is 0 Å². The Bertz CT molecular complexity index is 824. The molecule has 1 heterocycles. The van der Waals surface area contributed by atoms with Gasteiger partial charge in [0.15, 0.2) is 0 Å². The van der Waals surface area contributed by atoms with E-state index in [1.165, 1.54) is 17.5 Å². The summed E-state index contributed by atoms with van der Waals surface area (Å²) in [6.45, 7) is 0.0425. The molecule has 3 unspecified atom stereocenters. The number of nitrogens with zero attached hydrogens (tertiary/aromatic N) is 2. The first-order valence-electron chi connectivity index (χ1n) is 12.1. The zero-order valence-corrected chi connectivity index (χ0v) is 18.8. The van der Waals surface area contributed by atoms with E-state index in [9.17, 15) is 24.9 Å². The lowest BCUT2D eigenvalue weighted by Gasteiger charge is -2.44. The van der Waals surface area contributed by atoms with Crippen molar-refractivity contribution >= 4 is 12.0 Å². The number of amides is 2.